The molecule has 4 rings (SSSR count). The van der Waals surface area contributed by atoms with E-state index in [4.69, 9.17) is 9.84 Å². The van der Waals surface area contributed by atoms with Gasteiger partial charge >= 0.3 is 5.97 Å². The number of hydrogen-bond donors (Lipinski definition) is 2. The molecule has 1 aliphatic carbocycles. The molecule has 3 aromatic carbocycles. The minimum Gasteiger partial charge on any atom is -0.494 e. The number of rotatable bonds is 7. The Morgan fingerprint density at radius 1 is 0.971 bits per heavy atom. The van der Waals surface area contributed by atoms with Gasteiger partial charge < -0.3 is 15.2 Å². The summed E-state index contributed by atoms with van der Waals surface area (Å²) in [5.74, 6) is -0.860. The third kappa shape index (κ3) is 4.74. The van der Waals surface area contributed by atoms with Crippen LogP contribution in [0.3, 0.4) is 0 Å². The summed E-state index contributed by atoms with van der Waals surface area (Å²) in [5, 5.41) is 12.0. The second kappa shape index (κ2) is 9.32. The molecule has 0 saturated heterocycles. The summed E-state index contributed by atoms with van der Waals surface area (Å²) >= 11 is 0. The number of fused-ring (bicyclic) bond motifs is 1. The zero-order chi connectivity index (χ0) is 24.3. The molecule has 0 bridgehead atoms. The molecule has 2 N–H and O–H groups in total. The number of ketones is 1. The summed E-state index contributed by atoms with van der Waals surface area (Å²) in [4.78, 5) is 24.1. The largest absolute Gasteiger partial charge is 0.494 e. The number of benzene rings is 3. The van der Waals surface area contributed by atoms with Crippen molar-refractivity contribution in [1.82, 2.24) is 0 Å². The lowest BCUT2D eigenvalue weighted by Crippen LogP contribution is -2.22. The average molecular weight is 477 g/mol. The highest BCUT2D eigenvalue weighted by molar-refractivity contribution is 7.90. The molecule has 0 radical (unpaired) electrons. The Hall–Kier alpha value is -4.24. The van der Waals surface area contributed by atoms with Crippen LogP contribution in [0.4, 0.5) is 5.69 Å². The maximum atomic E-state index is 13.0. The van der Waals surface area contributed by atoms with Gasteiger partial charge in [0.25, 0.3) is 10.0 Å². The van der Waals surface area contributed by atoms with Gasteiger partial charge in [0.1, 0.15) is 5.75 Å². The van der Waals surface area contributed by atoms with Crippen molar-refractivity contribution in [2.24, 2.45) is 4.40 Å². The fourth-order valence-electron chi connectivity index (χ4n) is 3.41. The van der Waals surface area contributed by atoms with E-state index in [0.717, 1.165) is 0 Å². The smallest absolute Gasteiger partial charge is 0.335 e. The predicted octanol–water partition coefficient (Wildman–Crippen LogP) is 4.15. The van der Waals surface area contributed by atoms with Gasteiger partial charge in [0, 0.05) is 16.8 Å². The third-order valence-electron chi connectivity index (χ3n) is 5.04. The minimum absolute atomic E-state index is 0.00926. The fourth-order valence-corrected chi connectivity index (χ4v) is 4.40. The SMILES string of the molecule is CCOc1ccc(S(=O)(=O)/N=C2/C=C(Nc3ccc(C(=O)O)cc3)C(=O)c3ccccc32)cc1. The van der Waals surface area contributed by atoms with Gasteiger partial charge in [-0.2, -0.15) is 12.8 Å². The lowest BCUT2D eigenvalue weighted by Gasteiger charge is -2.19. The number of carboxylic acid groups (broad SMARTS) is 1. The van der Waals surface area contributed by atoms with Crippen molar-refractivity contribution in [3.8, 4) is 5.75 Å². The van der Waals surface area contributed by atoms with E-state index in [1.807, 2.05) is 6.92 Å². The number of anilines is 1. The van der Waals surface area contributed by atoms with E-state index in [2.05, 4.69) is 9.71 Å². The zero-order valence-electron chi connectivity index (χ0n) is 18.1. The van der Waals surface area contributed by atoms with Gasteiger partial charge in [-0.1, -0.05) is 24.3 Å². The molecule has 0 saturated carbocycles. The van der Waals surface area contributed by atoms with Crippen LogP contribution >= 0.6 is 0 Å². The molecule has 0 atom stereocenters. The van der Waals surface area contributed by atoms with E-state index in [1.54, 1.807) is 36.4 Å². The third-order valence-corrected chi connectivity index (χ3v) is 6.34. The quantitative estimate of drug-likeness (QED) is 0.525. The molecular weight excluding hydrogens is 456 g/mol. The van der Waals surface area contributed by atoms with Crippen molar-refractivity contribution in [3.05, 3.63) is 101 Å². The van der Waals surface area contributed by atoms with E-state index < -0.39 is 16.0 Å². The van der Waals surface area contributed by atoms with Crippen LogP contribution in [-0.4, -0.2) is 37.6 Å². The first kappa shape index (κ1) is 22.9. The molecule has 0 amide bonds. The number of carboxylic acids is 1. The standard InChI is InChI=1S/C25H20N2O6S/c1-2-33-18-11-13-19(14-12-18)34(31,32)27-22-15-23(24(28)21-6-4-3-5-20(21)22)26-17-9-7-16(8-10-17)25(29)30/h3-15,26H,2H2,1H3,(H,29,30)/b27-22-. The Morgan fingerprint density at radius 2 is 1.62 bits per heavy atom. The molecule has 0 spiro atoms. The normalized spacial score (nSPS) is 14.3. The van der Waals surface area contributed by atoms with Crippen LogP contribution < -0.4 is 10.1 Å². The molecule has 34 heavy (non-hydrogen) atoms. The van der Waals surface area contributed by atoms with Gasteiger partial charge in [-0.3, -0.25) is 4.79 Å². The van der Waals surface area contributed by atoms with Crippen LogP contribution in [0.15, 0.2) is 93.9 Å². The maximum absolute atomic E-state index is 13.0. The number of nitrogens with one attached hydrogen (secondary N) is 1. The first-order valence-electron chi connectivity index (χ1n) is 10.3. The lowest BCUT2D eigenvalue weighted by molar-refractivity contribution is 0.0696. The lowest BCUT2D eigenvalue weighted by atomic mass is 9.92. The fraction of sp³-hybridized carbons (Fsp3) is 0.0800. The Kier molecular flexibility index (Phi) is 6.29. The van der Waals surface area contributed by atoms with Gasteiger partial charge in [0.15, 0.2) is 0 Å². The number of carbonyl (C=O) groups excluding carboxylic acids is 1. The highest BCUT2D eigenvalue weighted by Crippen LogP contribution is 2.26. The summed E-state index contributed by atoms with van der Waals surface area (Å²) in [6.45, 7) is 2.29. The molecular formula is C25H20N2O6S. The summed E-state index contributed by atoms with van der Waals surface area (Å²) < 4.78 is 35.4. The number of sulfonamides is 1. The highest BCUT2D eigenvalue weighted by atomic mass is 32.2. The molecule has 0 aliphatic heterocycles. The molecule has 0 fully saturated rings. The van der Waals surface area contributed by atoms with Crippen molar-refractivity contribution in [3.63, 3.8) is 0 Å². The molecule has 0 heterocycles. The summed E-state index contributed by atoms with van der Waals surface area (Å²) in [6, 6.07) is 18.4. The number of nitrogens with zero attached hydrogens (tertiary/aromatic N) is 1. The van der Waals surface area contributed by atoms with Gasteiger partial charge in [0.05, 0.1) is 28.5 Å². The molecule has 1 aliphatic rings. The molecule has 9 heteroatoms. The second-order valence-electron chi connectivity index (χ2n) is 7.30. The van der Waals surface area contributed by atoms with Crippen LogP contribution in [0.5, 0.6) is 5.75 Å². The van der Waals surface area contributed by atoms with E-state index in [9.17, 15) is 18.0 Å². The topological polar surface area (TPSA) is 122 Å². The van der Waals surface area contributed by atoms with Crippen LogP contribution in [0, 0.1) is 0 Å². The molecule has 172 valence electrons. The Morgan fingerprint density at radius 3 is 2.24 bits per heavy atom. The monoisotopic (exact) mass is 476 g/mol. The van der Waals surface area contributed by atoms with Crippen LogP contribution in [-0.2, 0) is 10.0 Å². The Bertz CT molecular complexity index is 1420. The van der Waals surface area contributed by atoms with Gasteiger partial charge in [0.2, 0.25) is 5.78 Å². The van der Waals surface area contributed by atoms with Crippen molar-refractivity contribution in [1.29, 1.82) is 0 Å². The predicted molar refractivity (Wildman–Crippen MR) is 127 cm³/mol. The molecule has 3 aromatic rings. The van der Waals surface area contributed by atoms with Gasteiger partial charge in [-0.25, -0.2) is 4.79 Å². The summed E-state index contributed by atoms with van der Waals surface area (Å²) in [6.07, 6.45) is 1.38. The number of Topliss-reactive ketones (excluding diaryl/α,β-unsaturated/α-hetero) is 1. The van der Waals surface area contributed by atoms with Gasteiger partial charge in [-0.05, 0) is 61.5 Å². The van der Waals surface area contributed by atoms with E-state index in [1.165, 1.54) is 42.5 Å². The van der Waals surface area contributed by atoms with Crippen molar-refractivity contribution < 1.29 is 27.9 Å². The molecule has 8 nitrogen and oxygen atoms in total. The van der Waals surface area contributed by atoms with Crippen LogP contribution in [0.25, 0.3) is 0 Å². The number of carbonyl (C=O) groups is 2. The van der Waals surface area contributed by atoms with Crippen molar-refractivity contribution in [2.75, 3.05) is 11.9 Å². The first-order valence-corrected chi connectivity index (χ1v) is 11.8. The average Bonchev–Trinajstić information content (AvgIpc) is 2.83. The number of hydrogen-bond acceptors (Lipinski definition) is 6. The maximum Gasteiger partial charge on any atom is 0.335 e. The first-order chi connectivity index (χ1) is 16.3. The Labute approximate surface area is 196 Å². The number of allylic oxidation sites excluding steroid dienone is 2. The zero-order valence-corrected chi connectivity index (χ0v) is 18.9. The van der Waals surface area contributed by atoms with Crippen molar-refractivity contribution >= 4 is 33.2 Å². The highest BCUT2D eigenvalue weighted by Gasteiger charge is 2.26. The molecule has 0 aromatic heterocycles. The second-order valence-corrected chi connectivity index (χ2v) is 8.90. The van der Waals surface area contributed by atoms with E-state index >= 15 is 0 Å². The van der Waals surface area contributed by atoms with E-state index in [0.29, 0.717) is 29.2 Å². The van der Waals surface area contributed by atoms with Crippen molar-refractivity contribution in [2.45, 2.75) is 11.8 Å². The number of ether oxygens (including phenoxy) is 1. The minimum atomic E-state index is -4.08. The van der Waals surface area contributed by atoms with E-state index in [-0.39, 0.29) is 27.7 Å². The van der Waals surface area contributed by atoms with Gasteiger partial charge in [-0.15, -0.1) is 0 Å². The molecule has 0 unspecified atom stereocenters. The van der Waals surface area contributed by atoms with Crippen LogP contribution in [0.1, 0.15) is 33.2 Å². The summed E-state index contributed by atoms with van der Waals surface area (Å²) in [7, 11) is -4.08. The Balaban J connectivity index is 1.73. The van der Waals surface area contributed by atoms with Crippen LogP contribution in [0.2, 0.25) is 0 Å². The number of aromatic carboxylic acids is 1. The summed E-state index contributed by atoms with van der Waals surface area (Å²) in [5.41, 5.74) is 1.49.